The third kappa shape index (κ3) is 5.39. The fourth-order valence-electron chi connectivity index (χ4n) is 2.03. The predicted octanol–water partition coefficient (Wildman–Crippen LogP) is 2.71. The van der Waals surface area contributed by atoms with E-state index >= 15 is 0 Å². The summed E-state index contributed by atoms with van der Waals surface area (Å²) < 4.78 is 0. The quantitative estimate of drug-likeness (QED) is 0.255. The average molecular weight is 291 g/mol. The van der Waals surface area contributed by atoms with E-state index in [1.807, 2.05) is 38.2 Å². The van der Waals surface area contributed by atoms with Crippen molar-refractivity contribution < 1.29 is 0 Å². The Morgan fingerprint density at radius 3 is 2.40 bits per heavy atom. The Morgan fingerprint density at radius 2 is 1.85 bits per heavy atom. The van der Waals surface area contributed by atoms with Crippen molar-refractivity contribution in [1.82, 2.24) is 9.80 Å². The molecule has 1 aliphatic heterocycles. The van der Waals surface area contributed by atoms with Gasteiger partial charge in [-0.05, 0) is 20.9 Å². The van der Waals surface area contributed by atoms with Crippen LogP contribution in [0.3, 0.4) is 0 Å². The van der Waals surface area contributed by atoms with Crippen molar-refractivity contribution in [3.8, 4) is 0 Å². The fourth-order valence-corrected chi connectivity index (χ4v) is 2.27. The molecular weight excluding hydrogens is 266 g/mol. The number of aliphatic imine (C=N–C) groups is 1. The zero-order valence-corrected chi connectivity index (χ0v) is 13.6. The molecule has 0 N–H and O–H groups in total. The zero-order valence-electron chi connectivity index (χ0n) is 12.7. The van der Waals surface area contributed by atoms with Gasteiger partial charge in [0.2, 0.25) is 0 Å². The molecule has 0 aliphatic carbocycles. The largest absolute Gasteiger partial charge is 0.354 e. The summed E-state index contributed by atoms with van der Waals surface area (Å²) in [5, 5.41) is 1.73. The van der Waals surface area contributed by atoms with E-state index in [1.165, 1.54) is 0 Å². The number of likely N-dealkylation sites (N-methyl/N-ethyl adjacent to an activating group) is 1. The van der Waals surface area contributed by atoms with Crippen LogP contribution in [0.4, 0.5) is 0 Å². The number of hydrogen-bond donors (Lipinski definition) is 0. The maximum Gasteiger partial charge on any atom is 0.131 e. The highest BCUT2D eigenvalue weighted by Crippen LogP contribution is 2.07. The molecule has 4 heteroatoms. The van der Waals surface area contributed by atoms with Crippen LogP contribution in [0.2, 0.25) is 0 Å². The van der Waals surface area contributed by atoms with Crippen molar-refractivity contribution >= 4 is 23.4 Å². The van der Waals surface area contributed by atoms with Crippen molar-refractivity contribution in [2.45, 2.75) is 13.8 Å². The molecule has 1 rings (SSSR count). The highest BCUT2D eigenvalue weighted by atomic mass is 32.1. The third-order valence-electron chi connectivity index (χ3n) is 3.29. The smallest absolute Gasteiger partial charge is 0.131 e. The third-order valence-corrected chi connectivity index (χ3v) is 3.54. The Balaban J connectivity index is 2.79. The first-order valence-electron chi connectivity index (χ1n) is 7.10. The Bertz CT molecular complexity index is 413. The Labute approximate surface area is 128 Å². The van der Waals surface area contributed by atoms with Crippen molar-refractivity contribution in [3.63, 3.8) is 0 Å². The number of nitrogens with zero attached hydrogens (tertiary/aromatic N) is 3. The second-order valence-corrected chi connectivity index (χ2v) is 5.01. The molecule has 1 saturated heterocycles. The van der Waals surface area contributed by atoms with Crippen molar-refractivity contribution in [2.75, 3.05) is 39.8 Å². The summed E-state index contributed by atoms with van der Waals surface area (Å²) in [6.45, 7) is 8.87. The van der Waals surface area contributed by atoms with Crippen LogP contribution in [0.25, 0.3) is 0 Å². The number of piperazine rings is 1. The van der Waals surface area contributed by atoms with E-state index in [0.29, 0.717) is 6.54 Å². The van der Waals surface area contributed by atoms with E-state index in [-0.39, 0.29) is 0 Å². The number of hydrogen-bond acceptors (Lipinski definition) is 3. The van der Waals surface area contributed by atoms with Crippen LogP contribution in [0.15, 0.2) is 40.9 Å². The molecule has 1 fully saturated rings. The van der Waals surface area contributed by atoms with Gasteiger partial charge in [0, 0.05) is 37.1 Å². The second-order valence-electron chi connectivity index (χ2n) is 4.77. The van der Waals surface area contributed by atoms with Crippen molar-refractivity contribution in [2.24, 2.45) is 4.99 Å². The molecule has 0 aromatic carbocycles. The summed E-state index contributed by atoms with van der Waals surface area (Å²) in [5.41, 5.74) is 1.05. The predicted molar refractivity (Wildman–Crippen MR) is 92.7 cm³/mol. The van der Waals surface area contributed by atoms with Gasteiger partial charge in [-0.2, -0.15) is 0 Å². The van der Waals surface area contributed by atoms with Crippen LogP contribution >= 0.6 is 12.2 Å². The number of thiocarbonyl (C=S) groups is 1. The Morgan fingerprint density at radius 1 is 1.15 bits per heavy atom. The molecule has 0 atom stereocenters. The molecule has 1 heterocycles. The molecule has 20 heavy (non-hydrogen) atoms. The van der Waals surface area contributed by atoms with Crippen LogP contribution in [-0.2, 0) is 0 Å². The van der Waals surface area contributed by atoms with Gasteiger partial charge in [-0.3, -0.25) is 4.99 Å². The lowest BCUT2D eigenvalue weighted by Gasteiger charge is -2.34. The van der Waals surface area contributed by atoms with Gasteiger partial charge < -0.3 is 9.80 Å². The number of rotatable bonds is 5. The minimum absolute atomic E-state index is 0.687. The molecule has 110 valence electrons. The minimum Gasteiger partial charge on any atom is -0.354 e. The lowest BCUT2D eigenvalue weighted by Crippen LogP contribution is -2.47. The van der Waals surface area contributed by atoms with Crippen LogP contribution in [0.5, 0.6) is 0 Å². The summed E-state index contributed by atoms with van der Waals surface area (Å²) in [6.07, 6.45) is 10.2. The van der Waals surface area contributed by atoms with Crippen LogP contribution in [-0.4, -0.2) is 60.8 Å². The molecule has 0 bridgehead atoms. The molecule has 0 saturated carbocycles. The molecular formula is C16H25N3S. The van der Waals surface area contributed by atoms with Crippen molar-refractivity contribution in [1.29, 1.82) is 0 Å². The first-order chi connectivity index (χ1) is 9.72. The highest BCUT2D eigenvalue weighted by molar-refractivity contribution is 7.79. The summed E-state index contributed by atoms with van der Waals surface area (Å²) in [4.78, 5) is 9.40. The first kappa shape index (κ1) is 16.8. The normalized spacial score (nSPS) is 19.2. The highest BCUT2D eigenvalue weighted by Gasteiger charge is 2.18. The van der Waals surface area contributed by atoms with Gasteiger partial charge >= 0.3 is 0 Å². The van der Waals surface area contributed by atoms with Gasteiger partial charge in [0.05, 0.1) is 6.54 Å². The molecule has 0 aromatic rings. The maximum atomic E-state index is 5.12. The van der Waals surface area contributed by atoms with Crippen LogP contribution < -0.4 is 0 Å². The second kappa shape index (κ2) is 9.61. The minimum atomic E-state index is 0.687. The molecule has 0 amide bonds. The molecule has 0 radical (unpaired) electrons. The van der Waals surface area contributed by atoms with E-state index in [0.717, 1.165) is 37.6 Å². The van der Waals surface area contributed by atoms with Crippen LogP contribution in [0.1, 0.15) is 13.8 Å². The van der Waals surface area contributed by atoms with E-state index in [2.05, 4.69) is 22.9 Å². The standard InChI is InChI=1S/C16H25N3S/c1-4-6-7-8-9-17-16(15(5-2)14-20)19-12-10-18(3)11-13-19/h4-8,14H,9-13H2,1-3H3/b6-4?,8-7?,15-5+,17-16?. The van der Waals surface area contributed by atoms with Gasteiger partial charge in [0.25, 0.3) is 0 Å². The van der Waals surface area contributed by atoms with E-state index in [1.54, 1.807) is 5.37 Å². The SMILES string of the molecule is CC=CC=CCN=C(/C(C=S)=C/C)N1CCN(C)CC1. The van der Waals surface area contributed by atoms with E-state index in [9.17, 15) is 0 Å². The Kier molecular flexibility index (Phi) is 8.07. The molecule has 3 nitrogen and oxygen atoms in total. The summed E-state index contributed by atoms with van der Waals surface area (Å²) in [7, 11) is 2.16. The topological polar surface area (TPSA) is 18.8 Å². The van der Waals surface area contributed by atoms with Gasteiger partial charge in [0.1, 0.15) is 5.84 Å². The Hall–Kier alpha value is -1.26. The zero-order chi connectivity index (χ0) is 14.8. The number of allylic oxidation sites excluding steroid dienone is 4. The maximum absolute atomic E-state index is 5.12. The molecule has 1 aliphatic rings. The van der Waals surface area contributed by atoms with E-state index < -0.39 is 0 Å². The fraction of sp³-hybridized carbons (Fsp3) is 0.500. The first-order valence-corrected chi connectivity index (χ1v) is 7.57. The molecule has 0 unspecified atom stereocenters. The molecule has 0 aromatic heterocycles. The van der Waals surface area contributed by atoms with Gasteiger partial charge in [-0.25, -0.2) is 0 Å². The molecule has 0 spiro atoms. The number of amidine groups is 1. The van der Waals surface area contributed by atoms with Crippen molar-refractivity contribution in [3.05, 3.63) is 36.0 Å². The van der Waals surface area contributed by atoms with Gasteiger partial charge in [-0.15, -0.1) is 0 Å². The van der Waals surface area contributed by atoms with E-state index in [4.69, 9.17) is 17.2 Å². The van der Waals surface area contributed by atoms with Crippen LogP contribution in [0, 0.1) is 0 Å². The van der Waals surface area contributed by atoms with Gasteiger partial charge in [-0.1, -0.05) is 42.6 Å². The van der Waals surface area contributed by atoms with Gasteiger partial charge in [0.15, 0.2) is 0 Å². The summed E-state index contributed by atoms with van der Waals surface area (Å²) in [5.74, 6) is 1.03. The summed E-state index contributed by atoms with van der Waals surface area (Å²) in [6, 6.07) is 0. The lowest BCUT2D eigenvalue weighted by molar-refractivity contribution is 0.215. The average Bonchev–Trinajstić information content (AvgIpc) is 2.47. The summed E-state index contributed by atoms with van der Waals surface area (Å²) >= 11 is 5.12. The monoisotopic (exact) mass is 291 g/mol. The lowest BCUT2D eigenvalue weighted by atomic mass is 10.2.